The van der Waals surface area contributed by atoms with Crippen LogP contribution < -0.4 is 10.6 Å². The third kappa shape index (κ3) is 2.33. The van der Waals surface area contributed by atoms with E-state index in [1.54, 1.807) is 0 Å². The van der Waals surface area contributed by atoms with Crippen molar-refractivity contribution in [1.82, 2.24) is 9.97 Å². The van der Waals surface area contributed by atoms with Gasteiger partial charge in [0, 0.05) is 19.0 Å². The van der Waals surface area contributed by atoms with E-state index >= 15 is 0 Å². The molecule has 0 saturated carbocycles. The van der Waals surface area contributed by atoms with Crippen LogP contribution in [0.25, 0.3) is 10.9 Å². The summed E-state index contributed by atoms with van der Waals surface area (Å²) >= 11 is 0. The molecule has 1 saturated heterocycles. The van der Waals surface area contributed by atoms with Crippen LogP contribution in [0.3, 0.4) is 0 Å². The van der Waals surface area contributed by atoms with Gasteiger partial charge in [-0.15, -0.1) is 0 Å². The SMILES string of the molecule is CNc1nc(NC2(C)CCOC2)c2ccccc2n1. The number of nitrogens with zero attached hydrogens (tertiary/aromatic N) is 2. The Morgan fingerprint density at radius 1 is 1.26 bits per heavy atom. The Kier molecular flexibility index (Phi) is 2.98. The lowest BCUT2D eigenvalue weighted by molar-refractivity contribution is 0.185. The van der Waals surface area contributed by atoms with Gasteiger partial charge in [-0.1, -0.05) is 12.1 Å². The lowest BCUT2D eigenvalue weighted by Crippen LogP contribution is -2.35. The van der Waals surface area contributed by atoms with Crippen LogP contribution in [0, 0.1) is 0 Å². The summed E-state index contributed by atoms with van der Waals surface area (Å²) in [4.78, 5) is 9.00. The van der Waals surface area contributed by atoms with Gasteiger partial charge in [-0.25, -0.2) is 4.98 Å². The van der Waals surface area contributed by atoms with Gasteiger partial charge in [0.15, 0.2) is 0 Å². The average molecular weight is 258 g/mol. The first-order valence-electron chi connectivity index (χ1n) is 6.51. The summed E-state index contributed by atoms with van der Waals surface area (Å²) < 4.78 is 5.48. The Morgan fingerprint density at radius 2 is 2.11 bits per heavy atom. The van der Waals surface area contributed by atoms with Crippen LogP contribution in [0.15, 0.2) is 24.3 Å². The molecule has 0 radical (unpaired) electrons. The number of anilines is 2. The Balaban J connectivity index is 2.05. The second-order valence-electron chi connectivity index (χ2n) is 5.15. The van der Waals surface area contributed by atoms with Crippen LogP contribution in [0.2, 0.25) is 0 Å². The third-order valence-corrected chi connectivity index (χ3v) is 3.47. The minimum Gasteiger partial charge on any atom is -0.379 e. The van der Waals surface area contributed by atoms with Crippen molar-refractivity contribution in [2.45, 2.75) is 18.9 Å². The van der Waals surface area contributed by atoms with Gasteiger partial charge in [0.2, 0.25) is 5.95 Å². The Hall–Kier alpha value is -1.88. The number of hydrogen-bond donors (Lipinski definition) is 2. The summed E-state index contributed by atoms with van der Waals surface area (Å²) in [6.45, 7) is 3.67. The van der Waals surface area contributed by atoms with E-state index in [4.69, 9.17) is 4.74 Å². The summed E-state index contributed by atoms with van der Waals surface area (Å²) in [6.07, 6.45) is 0.986. The van der Waals surface area contributed by atoms with Gasteiger partial charge in [0.25, 0.3) is 0 Å². The summed E-state index contributed by atoms with van der Waals surface area (Å²) in [5.74, 6) is 1.49. The second kappa shape index (κ2) is 4.66. The predicted molar refractivity (Wildman–Crippen MR) is 76.5 cm³/mol. The van der Waals surface area contributed by atoms with Crippen molar-refractivity contribution in [3.63, 3.8) is 0 Å². The molecule has 0 spiro atoms. The highest BCUT2D eigenvalue weighted by molar-refractivity contribution is 5.90. The molecule has 19 heavy (non-hydrogen) atoms. The van der Waals surface area contributed by atoms with Crippen molar-refractivity contribution in [2.24, 2.45) is 0 Å². The quantitative estimate of drug-likeness (QED) is 0.884. The molecule has 2 aromatic rings. The molecule has 1 aromatic heterocycles. The van der Waals surface area contributed by atoms with Crippen molar-refractivity contribution in [1.29, 1.82) is 0 Å². The molecule has 1 aromatic carbocycles. The van der Waals surface area contributed by atoms with E-state index in [1.807, 2.05) is 31.3 Å². The smallest absolute Gasteiger partial charge is 0.224 e. The molecule has 0 amide bonds. The van der Waals surface area contributed by atoms with Crippen molar-refractivity contribution >= 4 is 22.7 Å². The van der Waals surface area contributed by atoms with Crippen molar-refractivity contribution in [3.8, 4) is 0 Å². The predicted octanol–water partition coefficient (Wildman–Crippen LogP) is 2.26. The average Bonchev–Trinajstić information content (AvgIpc) is 2.85. The first-order chi connectivity index (χ1) is 9.20. The molecule has 1 fully saturated rings. The first-order valence-corrected chi connectivity index (χ1v) is 6.51. The minimum atomic E-state index is -0.0534. The monoisotopic (exact) mass is 258 g/mol. The van der Waals surface area contributed by atoms with Crippen LogP contribution in [0.1, 0.15) is 13.3 Å². The molecule has 1 aliphatic heterocycles. The molecule has 100 valence electrons. The third-order valence-electron chi connectivity index (χ3n) is 3.47. The van der Waals surface area contributed by atoms with Gasteiger partial charge in [-0.3, -0.25) is 0 Å². The fraction of sp³-hybridized carbons (Fsp3) is 0.429. The number of para-hydroxylation sites is 1. The summed E-state index contributed by atoms with van der Waals surface area (Å²) in [5, 5.41) is 7.56. The van der Waals surface area contributed by atoms with Crippen LogP contribution in [-0.2, 0) is 4.74 Å². The molecule has 0 bridgehead atoms. The molecular weight excluding hydrogens is 240 g/mol. The number of ether oxygens (including phenoxy) is 1. The molecule has 1 atom stereocenters. The van der Waals surface area contributed by atoms with Crippen LogP contribution in [0.4, 0.5) is 11.8 Å². The van der Waals surface area contributed by atoms with Crippen LogP contribution in [0.5, 0.6) is 0 Å². The molecule has 2 N–H and O–H groups in total. The van der Waals surface area contributed by atoms with E-state index in [2.05, 4.69) is 27.5 Å². The molecule has 0 aliphatic carbocycles. The summed E-state index contributed by atoms with van der Waals surface area (Å²) in [5.41, 5.74) is 0.883. The Labute approximate surface area is 112 Å². The van der Waals surface area contributed by atoms with Gasteiger partial charge in [0.1, 0.15) is 5.82 Å². The number of nitrogens with one attached hydrogen (secondary N) is 2. The van der Waals surface area contributed by atoms with E-state index in [9.17, 15) is 0 Å². The van der Waals surface area contributed by atoms with E-state index < -0.39 is 0 Å². The molecule has 1 aliphatic rings. The molecular formula is C14H18N4O. The number of benzene rings is 1. The molecule has 5 nitrogen and oxygen atoms in total. The molecule has 5 heteroatoms. The number of fused-ring (bicyclic) bond motifs is 1. The zero-order valence-corrected chi connectivity index (χ0v) is 11.2. The van der Waals surface area contributed by atoms with Gasteiger partial charge in [0.05, 0.1) is 17.7 Å². The normalized spacial score (nSPS) is 22.6. The molecule has 2 heterocycles. The summed E-state index contributed by atoms with van der Waals surface area (Å²) in [7, 11) is 1.83. The van der Waals surface area contributed by atoms with Gasteiger partial charge < -0.3 is 15.4 Å². The Bertz CT molecular complexity index is 593. The van der Waals surface area contributed by atoms with E-state index in [0.717, 1.165) is 29.7 Å². The number of aromatic nitrogens is 2. The number of hydrogen-bond acceptors (Lipinski definition) is 5. The van der Waals surface area contributed by atoms with E-state index in [-0.39, 0.29) is 5.54 Å². The van der Waals surface area contributed by atoms with E-state index in [0.29, 0.717) is 12.6 Å². The van der Waals surface area contributed by atoms with Gasteiger partial charge in [-0.2, -0.15) is 4.98 Å². The van der Waals surface area contributed by atoms with E-state index in [1.165, 1.54) is 0 Å². The molecule has 1 unspecified atom stereocenters. The van der Waals surface area contributed by atoms with Gasteiger partial charge >= 0.3 is 0 Å². The highest BCUT2D eigenvalue weighted by Crippen LogP contribution is 2.28. The van der Waals surface area contributed by atoms with Crippen molar-refractivity contribution in [2.75, 3.05) is 30.9 Å². The lowest BCUT2D eigenvalue weighted by Gasteiger charge is -2.25. The maximum absolute atomic E-state index is 5.48. The fourth-order valence-electron chi connectivity index (χ4n) is 2.34. The van der Waals surface area contributed by atoms with Gasteiger partial charge in [-0.05, 0) is 25.5 Å². The highest BCUT2D eigenvalue weighted by Gasteiger charge is 2.30. The molecule has 3 rings (SSSR count). The second-order valence-corrected chi connectivity index (χ2v) is 5.15. The standard InChI is InChI=1S/C14H18N4O/c1-14(7-8-19-9-14)18-12-10-5-3-4-6-11(10)16-13(15-2)17-12/h3-6H,7-9H2,1-2H3,(H2,15,16,17,18). The van der Waals surface area contributed by atoms with Crippen LogP contribution in [-0.4, -0.2) is 35.8 Å². The number of rotatable bonds is 3. The summed E-state index contributed by atoms with van der Waals surface area (Å²) in [6, 6.07) is 8.02. The minimum absolute atomic E-state index is 0.0534. The van der Waals surface area contributed by atoms with Crippen molar-refractivity contribution < 1.29 is 4.74 Å². The topological polar surface area (TPSA) is 59.1 Å². The maximum atomic E-state index is 5.48. The zero-order valence-electron chi connectivity index (χ0n) is 11.2. The van der Waals surface area contributed by atoms with Crippen molar-refractivity contribution in [3.05, 3.63) is 24.3 Å². The zero-order chi connectivity index (χ0) is 13.3. The largest absolute Gasteiger partial charge is 0.379 e. The lowest BCUT2D eigenvalue weighted by atomic mass is 10.0. The fourth-order valence-corrected chi connectivity index (χ4v) is 2.34. The Morgan fingerprint density at radius 3 is 2.84 bits per heavy atom. The first kappa shape index (κ1) is 12.2. The maximum Gasteiger partial charge on any atom is 0.224 e. The highest BCUT2D eigenvalue weighted by atomic mass is 16.5. The van der Waals surface area contributed by atoms with Crippen LogP contribution >= 0.6 is 0 Å².